The highest BCUT2D eigenvalue weighted by molar-refractivity contribution is 6.36. The second-order valence-electron chi connectivity index (χ2n) is 10.5. The number of halogens is 3. The van der Waals surface area contributed by atoms with Crippen LogP contribution in [0.15, 0.2) is 48.7 Å². The van der Waals surface area contributed by atoms with Gasteiger partial charge in [-0.1, -0.05) is 35.3 Å². The molecule has 0 spiro atoms. The lowest BCUT2D eigenvalue weighted by molar-refractivity contribution is -0.119. The Labute approximate surface area is 253 Å². The molecular weight excluding hydrogens is 586 g/mol. The number of benzene rings is 2. The molecule has 0 unspecified atom stereocenters. The van der Waals surface area contributed by atoms with E-state index in [4.69, 9.17) is 32.7 Å². The lowest BCUT2D eigenvalue weighted by Crippen LogP contribution is -2.59. The van der Waals surface area contributed by atoms with E-state index in [1.165, 1.54) is 29.1 Å². The molecule has 222 valence electrons. The van der Waals surface area contributed by atoms with E-state index in [0.717, 1.165) is 5.56 Å². The number of fused-ring (bicyclic) bond motifs is 1. The van der Waals surface area contributed by atoms with Crippen LogP contribution in [0.2, 0.25) is 10.0 Å². The molecule has 2 aliphatic heterocycles. The van der Waals surface area contributed by atoms with Gasteiger partial charge in [0.2, 0.25) is 5.91 Å². The van der Waals surface area contributed by atoms with Crippen LogP contribution in [0.5, 0.6) is 11.5 Å². The number of carbonyl (C=O) groups is 2. The predicted octanol–water partition coefficient (Wildman–Crippen LogP) is 6.04. The van der Waals surface area contributed by atoms with Crippen molar-refractivity contribution in [3.8, 4) is 11.5 Å². The Kier molecular flexibility index (Phi) is 8.65. The molecule has 12 heteroatoms. The number of carboxylic acid groups (broad SMARTS) is 1. The molecule has 3 heterocycles. The van der Waals surface area contributed by atoms with Crippen molar-refractivity contribution in [1.82, 2.24) is 9.88 Å². The summed E-state index contributed by atoms with van der Waals surface area (Å²) in [5.41, 5.74) is 0.756. The third-order valence-electron chi connectivity index (χ3n) is 8.13. The van der Waals surface area contributed by atoms with Crippen molar-refractivity contribution in [2.45, 2.75) is 37.8 Å². The fraction of sp³-hybridized carbons (Fsp3) is 0.367. The number of aromatic nitrogens is 1. The van der Waals surface area contributed by atoms with Crippen molar-refractivity contribution < 1.29 is 28.6 Å². The Hall–Kier alpha value is -3.76. The number of ether oxygens (including phenoxy) is 2. The van der Waals surface area contributed by atoms with Gasteiger partial charge in [-0.05, 0) is 55.2 Å². The lowest BCUT2D eigenvalue weighted by Gasteiger charge is -2.46. The summed E-state index contributed by atoms with van der Waals surface area (Å²) in [5.74, 6) is 1.00. The number of rotatable bonds is 8. The molecule has 1 fully saturated rings. The number of anilines is 2. The molecule has 0 saturated carbocycles. The highest BCUT2D eigenvalue weighted by Gasteiger charge is 2.42. The van der Waals surface area contributed by atoms with Gasteiger partial charge in [-0.3, -0.25) is 4.79 Å². The molecule has 0 atom stereocenters. The minimum atomic E-state index is -1.08. The zero-order valence-corrected chi connectivity index (χ0v) is 24.8. The third kappa shape index (κ3) is 5.91. The number of piperidine rings is 1. The summed E-state index contributed by atoms with van der Waals surface area (Å²) in [6, 6.07) is 11.7. The van der Waals surface area contributed by atoms with Crippen LogP contribution < -0.4 is 19.3 Å². The predicted molar refractivity (Wildman–Crippen MR) is 159 cm³/mol. The Morgan fingerprint density at radius 1 is 1.14 bits per heavy atom. The SMILES string of the molecule is COc1ccc(CN2C(=O)CCc3c(OCC4(N(C)C(=O)O)CCN(c5ncc(Cl)cc5Cl)CC4)ccc(F)c32)cc1. The molecule has 0 bridgehead atoms. The van der Waals surface area contributed by atoms with E-state index >= 15 is 4.39 Å². The Bertz CT molecular complexity index is 1480. The van der Waals surface area contributed by atoms with Crippen LogP contribution >= 0.6 is 23.2 Å². The lowest BCUT2D eigenvalue weighted by atomic mass is 9.86. The maximum absolute atomic E-state index is 15.3. The number of likely N-dealkylation sites (N-methyl/N-ethyl adjacent to an activating group) is 1. The average molecular weight is 618 g/mol. The number of hydrogen-bond donors (Lipinski definition) is 1. The summed E-state index contributed by atoms with van der Waals surface area (Å²) >= 11 is 12.4. The third-order valence-corrected chi connectivity index (χ3v) is 8.61. The molecule has 5 rings (SSSR count). The van der Waals surface area contributed by atoms with Gasteiger partial charge in [-0.2, -0.15) is 0 Å². The molecule has 1 saturated heterocycles. The zero-order valence-electron chi connectivity index (χ0n) is 23.3. The van der Waals surface area contributed by atoms with Crippen LogP contribution in [0.1, 0.15) is 30.4 Å². The van der Waals surface area contributed by atoms with Crippen molar-refractivity contribution in [2.75, 3.05) is 43.7 Å². The quantitative estimate of drug-likeness (QED) is 0.329. The maximum atomic E-state index is 15.3. The van der Waals surface area contributed by atoms with Crippen LogP contribution in [0.4, 0.5) is 20.7 Å². The highest BCUT2D eigenvalue weighted by Crippen LogP contribution is 2.40. The number of carbonyl (C=O) groups excluding carboxylic acids is 1. The summed E-state index contributed by atoms with van der Waals surface area (Å²) in [4.78, 5) is 34.2. The minimum Gasteiger partial charge on any atom is -0.497 e. The summed E-state index contributed by atoms with van der Waals surface area (Å²) in [6.07, 6.45) is 1.86. The number of hydrogen-bond acceptors (Lipinski definition) is 6. The minimum absolute atomic E-state index is 0.0515. The molecule has 0 aliphatic carbocycles. The first kappa shape index (κ1) is 29.7. The van der Waals surface area contributed by atoms with Crippen LogP contribution in [-0.4, -0.2) is 66.4 Å². The highest BCUT2D eigenvalue weighted by atomic mass is 35.5. The summed E-state index contributed by atoms with van der Waals surface area (Å²) in [5, 5.41) is 10.8. The molecule has 1 N–H and O–H groups in total. The summed E-state index contributed by atoms with van der Waals surface area (Å²) < 4.78 is 26.8. The first-order valence-corrected chi connectivity index (χ1v) is 14.3. The smallest absolute Gasteiger partial charge is 0.407 e. The van der Waals surface area contributed by atoms with Crippen LogP contribution in [0.25, 0.3) is 0 Å². The van der Waals surface area contributed by atoms with E-state index in [0.29, 0.717) is 65.3 Å². The van der Waals surface area contributed by atoms with E-state index < -0.39 is 17.4 Å². The van der Waals surface area contributed by atoms with Gasteiger partial charge in [-0.25, -0.2) is 14.2 Å². The van der Waals surface area contributed by atoms with E-state index in [-0.39, 0.29) is 31.2 Å². The van der Waals surface area contributed by atoms with Gasteiger partial charge in [-0.15, -0.1) is 0 Å². The zero-order chi connectivity index (χ0) is 30.0. The molecule has 3 aromatic rings. The van der Waals surface area contributed by atoms with E-state index in [1.807, 2.05) is 17.0 Å². The van der Waals surface area contributed by atoms with Gasteiger partial charge in [0.05, 0.1) is 34.9 Å². The molecule has 42 heavy (non-hydrogen) atoms. The topological polar surface area (TPSA) is 95.4 Å². The van der Waals surface area contributed by atoms with Crippen molar-refractivity contribution in [3.05, 3.63) is 75.7 Å². The molecule has 1 aromatic heterocycles. The van der Waals surface area contributed by atoms with Crippen molar-refractivity contribution in [3.63, 3.8) is 0 Å². The van der Waals surface area contributed by atoms with Gasteiger partial charge in [0, 0.05) is 38.3 Å². The van der Waals surface area contributed by atoms with Gasteiger partial charge >= 0.3 is 6.09 Å². The Morgan fingerprint density at radius 2 is 1.86 bits per heavy atom. The van der Waals surface area contributed by atoms with E-state index in [9.17, 15) is 14.7 Å². The van der Waals surface area contributed by atoms with Gasteiger partial charge in [0.1, 0.15) is 29.7 Å². The van der Waals surface area contributed by atoms with E-state index in [2.05, 4.69) is 4.98 Å². The number of methoxy groups -OCH3 is 1. The Morgan fingerprint density at radius 3 is 2.50 bits per heavy atom. The standard InChI is InChI=1S/C30H31Cl2FN4O5/c1-35(29(39)40)30(11-13-36(14-12-30)28-23(32)15-20(31)16-34-28)18-42-25-9-8-24(33)27-22(25)7-10-26(38)37(27)17-19-3-5-21(41-2)6-4-19/h3-6,8-9,15-16H,7,10-14,17-18H2,1-2H3,(H,39,40). The molecular formula is C30H31Cl2FN4O5. The van der Waals surface area contributed by atoms with Crippen molar-refractivity contribution in [2.24, 2.45) is 0 Å². The largest absolute Gasteiger partial charge is 0.497 e. The van der Waals surface area contributed by atoms with Gasteiger partial charge in [0.15, 0.2) is 0 Å². The Balaban J connectivity index is 1.38. The van der Waals surface area contributed by atoms with E-state index in [1.54, 1.807) is 31.4 Å². The number of nitrogens with zero attached hydrogens (tertiary/aromatic N) is 4. The second-order valence-corrected chi connectivity index (χ2v) is 11.3. The normalized spacial score (nSPS) is 16.2. The fourth-order valence-electron chi connectivity index (χ4n) is 5.60. The molecule has 9 nitrogen and oxygen atoms in total. The molecule has 2 aromatic carbocycles. The molecule has 0 radical (unpaired) electrons. The van der Waals surface area contributed by atoms with Crippen molar-refractivity contribution >= 4 is 46.7 Å². The number of amides is 2. The second kappa shape index (κ2) is 12.2. The van der Waals surface area contributed by atoms with Gasteiger partial charge < -0.3 is 29.3 Å². The van der Waals surface area contributed by atoms with Crippen molar-refractivity contribution in [1.29, 1.82) is 0 Å². The first-order valence-electron chi connectivity index (χ1n) is 13.5. The van der Waals surface area contributed by atoms with Crippen LogP contribution in [-0.2, 0) is 17.8 Å². The molecule has 2 amide bonds. The first-order chi connectivity index (χ1) is 20.1. The van der Waals surface area contributed by atoms with Gasteiger partial charge in [0.25, 0.3) is 0 Å². The molecule has 2 aliphatic rings. The fourth-order valence-corrected chi connectivity index (χ4v) is 6.10. The average Bonchev–Trinajstić information content (AvgIpc) is 2.98. The maximum Gasteiger partial charge on any atom is 0.407 e. The van der Waals surface area contributed by atoms with Crippen LogP contribution in [0, 0.1) is 5.82 Å². The summed E-state index contributed by atoms with van der Waals surface area (Å²) in [7, 11) is 3.11. The number of pyridine rings is 1. The monoisotopic (exact) mass is 616 g/mol. The van der Waals surface area contributed by atoms with Crippen LogP contribution in [0.3, 0.4) is 0 Å². The summed E-state index contributed by atoms with van der Waals surface area (Å²) in [6.45, 7) is 1.22.